The summed E-state index contributed by atoms with van der Waals surface area (Å²) < 4.78 is 11.9. The third kappa shape index (κ3) is 4.05. The van der Waals surface area contributed by atoms with Crippen molar-refractivity contribution in [2.24, 2.45) is 0 Å². The van der Waals surface area contributed by atoms with E-state index in [1.807, 2.05) is 26.8 Å². The van der Waals surface area contributed by atoms with Crippen molar-refractivity contribution in [1.29, 1.82) is 0 Å². The molecule has 1 aromatic carbocycles. The maximum Gasteiger partial charge on any atom is 0.203 e. The highest BCUT2D eigenvalue weighted by atomic mass is 16.5. The van der Waals surface area contributed by atoms with Gasteiger partial charge in [0.25, 0.3) is 0 Å². The van der Waals surface area contributed by atoms with Crippen LogP contribution in [0.25, 0.3) is 0 Å². The fourth-order valence-electron chi connectivity index (χ4n) is 2.38. The minimum absolute atomic E-state index is 0.160. The first-order chi connectivity index (χ1) is 8.96. The van der Waals surface area contributed by atoms with Gasteiger partial charge in [-0.1, -0.05) is 12.5 Å². The Bertz CT molecular complexity index is 414. The molecule has 0 atom stereocenters. The SMILES string of the molecule is CC(C)(C)Oc1cccc(O)c1OC1CCCCC1. The molecule has 3 heteroatoms. The van der Waals surface area contributed by atoms with Gasteiger partial charge in [0, 0.05) is 0 Å². The lowest BCUT2D eigenvalue weighted by atomic mass is 9.98. The summed E-state index contributed by atoms with van der Waals surface area (Å²) in [6, 6.07) is 5.28. The number of phenolic OH excluding ortho intramolecular Hbond substituents is 1. The van der Waals surface area contributed by atoms with E-state index in [9.17, 15) is 5.11 Å². The van der Waals surface area contributed by atoms with Gasteiger partial charge in [-0.25, -0.2) is 0 Å². The maximum atomic E-state index is 10.0. The summed E-state index contributed by atoms with van der Waals surface area (Å²) in [5, 5.41) is 10.0. The zero-order chi connectivity index (χ0) is 13.9. The molecule has 0 aromatic heterocycles. The molecule has 1 saturated carbocycles. The molecule has 2 rings (SSSR count). The largest absolute Gasteiger partial charge is 0.504 e. The summed E-state index contributed by atoms with van der Waals surface area (Å²) in [5.41, 5.74) is -0.307. The molecule has 0 heterocycles. The third-order valence-electron chi connectivity index (χ3n) is 3.21. The van der Waals surface area contributed by atoms with Crippen LogP contribution in [0.5, 0.6) is 17.2 Å². The van der Waals surface area contributed by atoms with E-state index in [1.165, 1.54) is 19.3 Å². The van der Waals surface area contributed by atoms with Crippen molar-refractivity contribution in [3.05, 3.63) is 18.2 Å². The number of hydrogen-bond donors (Lipinski definition) is 1. The van der Waals surface area contributed by atoms with Crippen LogP contribution in [0.3, 0.4) is 0 Å². The van der Waals surface area contributed by atoms with Gasteiger partial charge in [-0.2, -0.15) is 0 Å². The molecule has 1 fully saturated rings. The molecule has 3 nitrogen and oxygen atoms in total. The van der Waals surface area contributed by atoms with Crippen molar-refractivity contribution < 1.29 is 14.6 Å². The average molecular weight is 264 g/mol. The maximum absolute atomic E-state index is 10.0. The van der Waals surface area contributed by atoms with E-state index in [-0.39, 0.29) is 17.5 Å². The van der Waals surface area contributed by atoms with E-state index in [2.05, 4.69) is 0 Å². The van der Waals surface area contributed by atoms with Crippen LogP contribution in [-0.2, 0) is 0 Å². The van der Waals surface area contributed by atoms with Gasteiger partial charge in [-0.15, -0.1) is 0 Å². The van der Waals surface area contributed by atoms with Gasteiger partial charge in [-0.3, -0.25) is 0 Å². The minimum Gasteiger partial charge on any atom is -0.504 e. The Morgan fingerprint density at radius 3 is 2.42 bits per heavy atom. The molecule has 0 unspecified atom stereocenters. The molecule has 0 aliphatic heterocycles. The monoisotopic (exact) mass is 264 g/mol. The Balaban J connectivity index is 2.17. The second-order valence-electron chi connectivity index (χ2n) is 6.20. The topological polar surface area (TPSA) is 38.7 Å². The summed E-state index contributed by atoms with van der Waals surface area (Å²) in [6.45, 7) is 5.96. The molecule has 1 N–H and O–H groups in total. The van der Waals surface area contributed by atoms with Crippen molar-refractivity contribution in [3.63, 3.8) is 0 Å². The first-order valence-electron chi connectivity index (χ1n) is 7.13. The fourth-order valence-corrected chi connectivity index (χ4v) is 2.38. The molecule has 106 valence electrons. The number of ether oxygens (including phenoxy) is 2. The summed E-state index contributed by atoms with van der Waals surface area (Å²) >= 11 is 0. The first-order valence-corrected chi connectivity index (χ1v) is 7.13. The van der Waals surface area contributed by atoms with Crippen LogP contribution >= 0.6 is 0 Å². The predicted molar refractivity (Wildman–Crippen MR) is 76.0 cm³/mol. The van der Waals surface area contributed by atoms with Crippen molar-refractivity contribution in [2.45, 2.75) is 64.6 Å². The smallest absolute Gasteiger partial charge is 0.203 e. The van der Waals surface area contributed by atoms with Crippen molar-refractivity contribution in [2.75, 3.05) is 0 Å². The van der Waals surface area contributed by atoms with E-state index in [0.717, 1.165) is 12.8 Å². The summed E-state index contributed by atoms with van der Waals surface area (Å²) in [6.07, 6.45) is 6.00. The molecular formula is C16H24O3. The number of phenols is 1. The number of aromatic hydroxyl groups is 1. The first kappa shape index (κ1) is 14.0. The molecule has 0 spiro atoms. The van der Waals surface area contributed by atoms with Crippen LogP contribution < -0.4 is 9.47 Å². The zero-order valence-electron chi connectivity index (χ0n) is 12.1. The van der Waals surface area contributed by atoms with Crippen molar-refractivity contribution >= 4 is 0 Å². The molecule has 0 amide bonds. The standard InChI is InChI=1S/C16H24O3/c1-16(2,3)19-14-11-7-10-13(17)15(14)18-12-8-5-4-6-9-12/h7,10-12,17H,4-6,8-9H2,1-3H3. The van der Waals surface area contributed by atoms with Crippen LogP contribution in [0, 0.1) is 0 Å². The van der Waals surface area contributed by atoms with Crippen LogP contribution in [0.15, 0.2) is 18.2 Å². The molecule has 0 radical (unpaired) electrons. The van der Waals surface area contributed by atoms with Crippen molar-refractivity contribution in [1.82, 2.24) is 0 Å². The summed E-state index contributed by atoms with van der Waals surface area (Å²) in [5.74, 6) is 1.27. The van der Waals surface area contributed by atoms with E-state index < -0.39 is 0 Å². The zero-order valence-corrected chi connectivity index (χ0v) is 12.1. The Morgan fingerprint density at radius 2 is 1.79 bits per heavy atom. The average Bonchev–Trinajstić information content (AvgIpc) is 2.33. The van der Waals surface area contributed by atoms with Gasteiger partial charge in [0.15, 0.2) is 11.5 Å². The Morgan fingerprint density at radius 1 is 1.11 bits per heavy atom. The second-order valence-corrected chi connectivity index (χ2v) is 6.20. The second kappa shape index (κ2) is 5.72. The molecule has 1 aliphatic carbocycles. The third-order valence-corrected chi connectivity index (χ3v) is 3.21. The molecule has 1 aliphatic rings. The van der Waals surface area contributed by atoms with Crippen LogP contribution in [-0.4, -0.2) is 16.8 Å². The van der Waals surface area contributed by atoms with Gasteiger partial charge in [0.1, 0.15) is 5.60 Å². The molecule has 0 bridgehead atoms. The highest BCUT2D eigenvalue weighted by molar-refractivity contribution is 5.50. The Hall–Kier alpha value is -1.38. The Labute approximate surface area is 115 Å². The van der Waals surface area contributed by atoms with Crippen molar-refractivity contribution in [3.8, 4) is 17.2 Å². The van der Waals surface area contributed by atoms with Gasteiger partial charge in [-0.05, 0) is 58.6 Å². The van der Waals surface area contributed by atoms with Gasteiger partial charge in [0.05, 0.1) is 6.10 Å². The van der Waals surface area contributed by atoms with Crippen LogP contribution in [0.2, 0.25) is 0 Å². The van der Waals surface area contributed by atoms with Crippen LogP contribution in [0.1, 0.15) is 52.9 Å². The number of rotatable bonds is 3. The summed E-state index contributed by atoms with van der Waals surface area (Å²) in [4.78, 5) is 0. The Kier molecular flexibility index (Phi) is 4.23. The summed E-state index contributed by atoms with van der Waals surface area (Å²) in [7, 11) is 0. The van der Waals surface area contributed by atoms with E-state index in [1.54, 1.807) is 12.1 Å². The lowest BCUT2D eigenvalue weighted by molar-refractivity contribution is 0.105. The number of hydrogen-bond acceptors (Lipinski definition) is 3. The quantitative estimate of drug-likeness (QED) is 0.885. The minimum atomic E-state index is -0.307. The highest BCUT2D eigenvalue weighted by Crippen LogP contribution is 2.40. The molecule has 1 aromatic rings. The molecular weight excluding hydrogens is 240 g/mol. The number of benzene rings is 1. The van der Waals surface area contributed by atoms with Crippen LogP contribution in [0.4, 0.5) is 0 Å². The molecule has 19 heavy (non-hydrogen) atoms. The normalized spacial score (nSPS) is 17.2. The van der Waals surface area contributed by atoms with Gasteiger partial charge < -0.3 is 14.6 Å². The predicted octanol–water partition coefficient (Wildman–Crippen LogP) is 4.28. The van der Waals surface area contributed by atoms with E-state index in [4.69, 9.17) is 9.47 Å². The fraction of sp³-hybridized carbons (Fsp3) is 0.625. The van der Waals surface area contributed by atoms with E-state index >= 15 is 0 Å². The molecule has 0 saturated heterocycles. The van der Waals surface area contributed by atoms with Gasteiger partial charge >= 0.3 is 0 Å². The number of para-hydroxylation sites is 1. The highest BCUT2D eigenvalue weighted by Gasteiger charge is 2.22. The van der Waals surface area contributed by atoms with Gasteiger partial charge in [0.2, 0.25) is 5.75 Å². The lowest BCUT2D eigenvalue weighted by Gasteiger charge is -2.27. The van der Waals surface area contributed by atoms with E-state index in [0.29, 0.717) is 11.5 Å². The lowest BCUT2D eigenvalue weighted by Crippen LogP contribution is -2.24.